The summed E-state index contributed by atoms with van der Waals surface area (Å²) in [5, 5.41) is 9.46. The standard InChI is InChI=1S/C17H23NO5/c1-11(19)15(20)10-22-14-6-5-12-8-18(9-13(12)7-14)16(21)23-17(2,3)4/h5-7,15,20H,8-10H2,1-4H3/t15-/m1/s1. The highest BCUT2D eigenvalue weighted by atomic mass is 16.6. The largest absolute Gasteiger partial charge is 0.490 e. The number of amides is 1. The zero-order valence-electron chi connectivity index (χ0n) is 14.0. The number of carbonyl (C=O) groups excluding carboxylic acids is 2. The number of nitrogens with zero attached hydrogens (tertiary/aromatic N) is 1. The summed E-state index contributed by atoms with van der Waals surface area (Å²) in [6.45, 7) is 7.69. The van der Waals surface area contributed by atoms with Crippen LogP contribution < -0.4 is 4.74 Å². The number of hydrogen-bond donors (Lipinski definition) is 1. The first kappa shape index (κ1) is 17.3. The smallest absolute Gasteiger partial charge is 0.410 e. The van der Waals surface area contributed by atoms with Gasteiger partial charge in [-0.3, -0.25) is 9.69 Å². The maximum absolute atomic E-state index is 12.1. The molecular weight excluding hydrogens is 298 g/mol. The Labute approximate surface area is 136 Å². The van der Waals surface area contributed by atoms with Crippen LogP contribution in [0.3, 0.4) is 0 Å². The molecule has 1 atom stereocenters. The first-order chi connectivity index (χ1) is 10.7. The fraction of sp³-hybridized carbons (Fsp3) is 0.529. The molecule has 1 N–H and O–H groups in total. The Morgan fingerprint density at radius 1 is 1.26 bits per heavy atom. The highest BCUT2D eigenvalue weighted by Gasteiger charge is 2.28. The molecule has 0 unspecified atom stereocenters. The third kappa shape index (κ3) is 4.69. The van der Waals surface area contributed by atoms with Crippen LogP contribution in [0.5, 0.6) is 5.75 Å². The molecule has 0 fully saturated rings. The lowest BCUT2D eigenvalue weighted by atomic mass is 10.1. The second-order valence-corrected chi connectivity index (χ2v) is 6.70. The molecular formula is C17H23NO5. The van der Waals surface area contributed by atoms with Crippen molar-refractivity contribution in [1.82, 2.24) is 4.90 Å². The van der Waals surface area contributed by atoms with Gasteiger partial charge in [-0.2, -0.15) is 0 Å². The van der Waals surface area contributed by atoms with Crippen LogP contribution in [0.4, 0.5) is 4.79 Å². The van der Waals surface area contributed by atoms with Gasteiger partial charge >= 0.3 is 6.09 Å². The Kier molecular flexibility index (Phi) is 4.94. The van der Waals surface area contributed by atoms with Gasteiger partial charge in [0.2, 0.25) is 0 Å². The van der Waals surface area contributed by atoms with E-state index < -0.39 is 11.7 Å². The normalized spacial score (nSPS) is 15.1. The van der Waals surface area contributed by atoms with Crippen molar-refractivity contribution in [3.8, 4) is 5.75 Å². The van der Waals surface area contributed by atoms with E-state index in [0.717, 1.165) is 11.1 Å². The van der Waals surface area contributed by atoms with Crippen LogP contribution in [-0.4, -0.2) is 40.2 Å². The minimum absolute atomic E-state index is 0.0795. The molecule has 0 saturated carbocycles. The molecule has 1 heterocycles. The summed E-state index contributed by atoms with van der Waals surface area (Å²) in [6.07, 6.45) is -1.47. The lowest BCUT2D eigenvalue weighted by Gasteiger charge is -2.24. The molecule has 0 aliphatic carbocycles. The van der Waals surface area contributed by atoms with E-state index in [-0.39, 0.29) is 18.5 Å². The number of Topliss-reactive ketones (excluding diaryl/α,β-unsaturated/α-hetero) is 1. The molecule has 1 amide bonds. The topological polar surface area (TPSA) is 76.1 Å². The Balaban J connectivity index is 1.98. The summed E-state index contributed by atoms with van der Waals surface area (Å²) >= 11 is 0. The average Bonchev–Trinajstić information content (AvgIpc) is 2.85. The number of hydrogen-bond acceptors (Lipinski definition) is 5. The lowest BCUT2D eigenvalue weighted by molar-refractivity contribution is -0.126. The average molecular weight is 321 g/mol. The zero-order chi connectivity index (χ0) is 17.2. The van der Waals surface area contributed by atoms with Crippen LogP contribution in [0.25, 0.3) is 0 Å². The van der Waals surface area contributed by atoms with Gasteiger partial charge in [0.15, 0.2) is 5.78 Å². The number of aliphatic hydroxyl groups excluding tert-OH is 1. The molecule has 2 rings (SSSR count). The first-order valence-corrected chi connectivity index (χ1v) is 7.57. The maximum atomic E-state index is 12.1. The van der Waals surface area contributed by atoms with Crippen LogP contribution in [0, 0.1) is 0 Å². The van der Waals surface area contributed by atoms with Gasteiger partial charge in [-0.05, 0) is 51.0 Å². The van der Waals surface area contributed by atoms with Gasteiger partial charge < -0.3 is 14.6 Å². The van der Waals surface area contributed by atoms with Crippen molar-refractivity contribution in [1.29, 1.82) is 0 Å². The molecule has 0 aromatic heterocycles. The molecule has 1 aromatic carbocycles. The fourth-order valence-electron chi connectivity index (χ4n) is 2.21. The summed E-state index contributed by atoms with van der Waals surface area (Å²) in [6, 6.07) is 5.48. The number of ether oxygens (including phenoxy) is 2. The molecule has 6 heteroatoms. The van der Waals surface area contributed by atoms with Gasteiger partial charge in [-0.1, -0.05) is 6.07 Å². The van der Waals surface area contributed by atoms with E-state index in [1.54, 1.807) is 11.0 Å². The van der Waals surface area contributed by atoms with Crippen molar-refractivity contribution in [3.05, 3.63) is 29.3 Å². The van der Waals surface area contributed by atoms with Crippen molar-refractivity contribution in [2.24, 2.45) is 0 Å². The number of aliphatic hydroxyl groups is 1. The van der Waals surface area contributed by atoms with Gasteiger partial charge in [-0.25, -0.2) is 4.79 Å². The Hall–Kier alpha value is -2.08. The highest BCUT2D eigenvalue weighted by Crippen LogP contribution is 2.28. The zero-order valence-corrected chi connectivity index (χ0v) is 14.0. The predicted octanol–water partition coefficient (Wildman–Crippen LogP) is 2.27. The predicted molar refractivity (Wildman–Crippen MR) is 84.1 cm³/mol. The fourth-order valence-corrected chi connectivity index (χ4v) is 2.21. The number of rotatable bonds is 4. The van der Waals surface area contributed by atoms with Gasteiger partial charge in [0.1, 0.15) is 24.1 Å². The van der Waals surface area contributed by atoms with Crippen molar-refractivity contribution in [2.75, 3.05) is 6.61 Å². The third-order valence-corrected chi connectivity index (χ3v) is 3.43. The first-order valence-electron chi connectivity index (χ1n) is 7.57. The van der Waals surface area contributed by atoms with E-state index in [4.69, 9.17) is 9.47 Å². The molecule has 0 saturated heterocycles. The maximum Gasteiger partial charge on any atom is 0.410 e. The van der Waals surface area contributed by atoms with E-state index in [1.165, 1.54) is 6.92 Å². The van der Waals surface area contributed by atoms with Gasteiger partial charge in [-0.15, -0.1) is 0 Å². The minimum atomic E-state index is -1.12. The van der Waals surface area contributed by atoms with Crippen molar-refractivity contribution < 1.29 is 24.2 Å². The summed E-state index contributed by atoms with van der Waals surface area (Å²) in [4.78, 5) is 24.7. The molecule has 1 aliphatic rings. The minimum Gasteiger partial charge on any atom is -0.490 e. The number of benzene rings is 1. The number of carbonyl (C=O) groups is 2. The van der Waals surface area contributed by atoms with Crippen molar-refractivity contribution in [3.63, 3.8) is 0 Å². The van der Waals surface area contributed by atoms with Gasteiger partial charge in [0.25, 0.3) is 0 Å². The Morgan fingerprint density at radius 2 is 1.91 bits per heavy atom. The molecule has 1 aliphatic heterocycles. The van der Waals surface area contributed by atoms with Crippen LogP contribution in [0.1, 0.15) is 38.8 Å². The second-order valence-electron chi connectivity index (χ2n) is 6.70. The Morgan fingerprint density at radius 3 is 2.52 bits per heavy atom. The van der Waals surface area contributed by atoms with Crippen LogP contribution >= 0.6 is 0 Å². The summed E-state index contributed by atoms with van der Waals surface area (Å²) in [5.74, 6) is 0.234. The van der Waals surface area contributed by atoms with Crippen LogP contribution in [0.2, 0.25) is 0 Å². The quantitative estimate of drug-likeness (QED) is 0.920. The van der Waals surface area contributed by atoms with E-state index in [2.05, 4.69) is 0 Å². The highest BCUT2D eigenvalue weighted by molar-refractivity contribution is 5.80. The van der Waals surface area contributed by atoms with Gasteiger partial charge in [0, 0.05) is 13.1 Å². The molecule has 6 nitrogen and oxygen atoms in total. The molecule has 126 valence electrons. The molecule has 0 radical (unpaired) electrons. The lowest BCUT2D eigenvalue weighted by Crippen LogP contribution is -2.33. The van der Waals surface area contributed by atoms with Gasteiger partial charge in [0.05, 0.1) is 0 Å². The summed E-state index contributed by atoms with van der Waals surface area (Å²) in [7, 11) is 0. The molecule has 23 heavy (non-hydrogen) atoms. The summed E-state index contributed by atoms with van der Waals surface area (Å²) in [5.41, 5.74) is 1.49. The molecule has 1 aromatic rings. The molecule has 0 bridgehead atoms. The number of fused-ring (bicyclic) bond motifs is 1. The SMILES string of the molecule is CC(=O)[C@H](O)COc1ccc2c(c1)CN(C(=O)OC(C)(C)C)C2. The van der Waals surface area contributed by atoms with E-state index >= 15 is 0 Å². The number of ketones is 1. The van der Waals surface area contributed by atoms with Crippen LogP contribution in [0.15, 0.2) is 18.2 Å². The summed E-state index contributed by atoms with van der Waals surface area (Å²) < 4.78 is 10.8. The molecule has 0 spiro atoms. The van der Waals surface area contributed by atoms with Crippen molar-refractivity contribution in [2.45, 2.75) is 52.5 Å². The Bertz CT molecular complexity index is 605. The van der Waals surface area contributed by atoms with Crippen molar-refractivity contribution >= 4 is 11.9 Å². The van der Waals surface area contributed by atoms with E-state index in [0.29, 0.717) is 18.8 Å². The second kappa shape index (κ2) is 6.58. The van der Waals surface area contributed by atoms with Crippen LogP contribution in [-0.2, 0) is 22.6 Å². The van der Waals surface area contributed by atoms with E-state index in [9.17, 15) is 14.7 Å². The van der Waals surface area contributed by atoms with E-state index in [1.807, 2.05) is 32.9 Å². The third-order valence-electron chi connectivity index (χ3n) is 3.43. The monoisotopic (exact) mass is 321 g/mol.